The first-order valence-corrected chi connectivity index (χ1v) is 6.15. The number of aromatic carboxylic acids is 1. The third-order valence-electron chi connectivity index (χ3n) is 2.96. The molecule has 0 bridgehead atoms. The van der Waals surface area contributed by atoms with Gasteiger partial charge in [-0.2, -0.15) is 5.10 Å². The number of aromatic nitrogens is 2. The van der Waals surface area contributed by atoms with E-state index in [1.807, 2.05) is 20.0 Å². The third kappa shape index (κ3) is 2.65. The van der Waals surface area contributed by atoms with Crippen LogP contribution in [0.4, 0.5) is 4.39 Å². The summed E-state index contributed by atoms with van der Waals surface area (Å²) < 4.78 is 15.3. The van der Waals surface area contributed by atoms with Crippen LogP contribution in [0.5, 0.6) is 0 Å². The quantitative estimate of drug-likeness (QED) is 0.921. The molecule has 0 radical (unpaired) electrons. The van der Waals surface area contributed by atoms with Gasteiger partial charge in [-0.3, -0.25) is 4.68 Å². The van der Waals surface area contributed by atoms with E-state index >= 15 is 0 Å². The van der Waals surface area contributed by atoms with Gasteiger partial charge in [-0.15, -0.1) is 0 Å². The summed E-state index contributed by atoms with van der Waals surface area (Å²) in [7, 11) is 0. The number of carboxylic acid groups (broad SMARTS) is 1. The SMILES string of the molecule is CCc1cn(CC)nc1-c1cc(F)cc(C(=O)O)c1. The highest BCUT2D eigenvalue weighted by Gasteiger charge is 2.13. The van der Waals surface area contributed by atoms with Gasteiger partial charge in [0.05, 0.1) is 11.3 Å². The van der Waals surface area contributed by atoms with Crippen molar-refractivity contribution in [3.05, 3.63) is 41.3 Å². The van der Waals surface area contributed by atoms with Gasteiger partial charge in [0.2, 0.25) is 0 Å². The fourth-order valence-corrected chi connectivity index (χ4v) is 1.98. The van der Waals surface area contributed by atoms with E-state index in [1.54, 1.807) is 4.68 Å². The maximum Gasteiger partial charge on any atom is 0.335 e. The summed E-state index contributed by atoms with van der Waals surface area (Å²) in [4.78, 5) is 11.0. The third-order valence-corrected chi connectivity index (χ3v) is 2.96. The van der Waals surface area contributed by atoms with Gasteiger partial charge in [0.25, 0.3) is 0 Å². The Morgan fingerprint density at radius 1 is 1.37 bits per heavy atom. The molecule has 1 N–H and O–H groups in total. The number of carbonyl (C=O) groups is 1. The minimum Gasteiger partial charge on any atom is -0.478 e. The molecule has 0 saturated carbocycles. The van der Waals surface area contributed by atoms with Gasteiger partial charge < -0.3 is 5.11 Å². The number of benzene rings is 1. The summed E-state index contributed by atoms with van der Waals surface area (Å²) in [6.07, 6.45) is 2.66. The number of hydrogen-bond acceptors (Lipinski definition) is 2. The standard InChI is InChI=1S/C14H15FN2O2/c1-3-9-8-17(4-2)16-13(9)10-5-11(14(18)19)7-12(15)6-10/h5-8H,3-4H2,1-2H3,(H,18,19). The molecule has 1 aromatic heterocycles. The van der Waals surface area contributed by atoms with Crippen LogP contribution in [-0.2, 0) is 13.0 Å². The van der Waals surface area contributed by atoms with Gasteiger partial charge in [-0.05, 0) is 37.1 Å². The lowest BCUT2D eigenvalue weighted by atomic mass is 10.0. The number of carboxylic acids is 1. The Hall–Kier alpha value is -2.17. The number of halogens is 1. The summed E-state index contributed by atoms with van der Waals surface area (Å²) in [5.74, 6) is -1.71. The molecule has 100 valence electrons. The Kier molecular flexibility index (Phi) is 3.64. The van der Waals surface area contributed by atoms with Crippen molar-refractivity contribution in [2.45, 2.75) is 26.8 Å². The average Bonchev–Trinajstić information content (AvgIpc) is 2.81. The molecule has 0 spiro atoms. The van der Waals surface area contributed by atoms with E-state index in [0.29, 0.717) is 17.8 Å². The van der Waals surface area contributed by atoms with Gasteiger partial charge in [0, 0.05) is 18.3 Å². The molecular formula is C14H15FN2O2. The van der Waals surface area contributed by atoms with Crippen LogP contribution in [0.2, 0.25) is 0 Å². The van der Waals surface area contributed by atoms with Gasteiger partial charge in [-0.1, -0.05) is 6.92 Å². The molecule has 2 aromatic rings. The molecule has 0 atom stereocenters. The van der Waals surface area contributed by atoms with Crippen LogP contribution in [0.3, 0.4) is 0 Å². The highest BCUT2D eigenvalue weighted by Crippen LogP contribution is 2.25. The molecule has 0 fully saturated rings. The molecule has 5 heteroatoms. The molecule has 0 saturated heterocycles. The minimum absolute atomic E-state index is 0.0666. The monoisotopic (exact) mass is 262 g/mol. The zero-order valence-electron chi connectivity index (χ0n) is 10.9. The Morgan fingerprint density at radius 3 is 2.68 bits per heavy atom. The van der Waals surface area contributed by atoms with Gasteiger partial charge >= 0.3 is 5.97 Å². The number of hydrogen-bond donors (Lipinski definition) is 1. The smallest absolute Gasteiger partial charge is 0.335 e. The van der Waals surface area contributed by atoms with E-state index in [-0.39, 0.29) is 5.56 Å². The normalized spacial score (nSPS) is 10.7. The molecule has 19 heavy (non-hydrogen) atoms. The van der Waals surface area contributed by atoms with E-state index in [4.69, 9.17) is 5.11 Å². The molecular weight excluding hydrogens is 247 g/mol. The van der Waals surface area contributed by atoms with Gasteiger partial charge in [0.1, 0.15) is 5.82 Å². The van der Waals surface area contributed by atoms with Crippen molar-refractivity contribution in [3.63, 3.8) is 0 Å². The van der Waals surface area contributed by atoms with Crippen molar-refractivity contribution in [3.8, 4) is 11.3 Å². The number of aryl methyl sites for hydroxylation is 2. The Labute approximate surface area is 110 Å². The highest BCUT2D eigenvalue weighted by molar-refractivity contribution is 5.89. The van der Waals surface area contributed by atoms with Gasteiger partial charge in [-0.25, -0.2) is 9.18 Å². The molecule has 0 aliphatic heterocycles. The molecule has 2 rings (SSSR count). The average molecular weight is 262 g/mol. The second-order valence-corrected chi connectivity index (χ2v) is 4.25. The zero-order valence-corrected chi connectivity index (χ0v) is 10.9. The maximum absolute atomic E-state index is 13.5. The molecule has 4 nitrogen and oxygen atoms in total. The molecule has 0 amide bonds. The predicted octanol–water partition coefficient (Wildman–Crippen LogP) is 2.97. The summed E-state index contributed by atoms with van der Waals surface area (Å²) in [5, 5.41) is 13.3. The van der Waals surface area contributed by atoms with Crippen molar-refractivity contribution in [1.29, 1.82) is 0 Å². The molecule has 0 unspecified atom stereocenters. The lowest BCUT2D eigenvalue weighted by Gasteiger charge is -2.03. The van der Waals surface area contributed by atoms with Crippen molar-refractivity contribution >= 4 is 5.97 Å². The van der Waals surface area contributed by atoms with Crippen LogP contribution < -0.4 is 0 Å². The first-order valence-electron chi connectivity index (χ1n) is 6.15. The molecule has 1 heterocycles. The van der Waals surface area contributed by atoms with Crippen LogP contribution in [0.1, 0.15) is 29.8 Å². The van der Waals surface area contributed by atoms with Crippen molar-refractivity contribution < 1.29 is 14.3 Å². The second kappa shape index (κ2) is 5.22. The van der Waals surface area contributed by atoms with E-state index in [0.717, 1.165) is 18.1 Å². The van der Waals surface area contributed by atoms with E-state index in [1.165, 1.54) is 12.1 Å². The largest absolute Gasteiger partial charge is 0.478 e. The van der Waals surface area contributed by atoms with Crippen LogP contribution in [-0.4, -0.2) is 20.9 Å². The van der Waals surface area contributed by atoms with E-state index in [2.05, 4.69) is 5.10 Å². The molecule has 0 aliphatic rings. The molecule has 0 aliphatic carbocycles. The highest BCUT2D eigenvalue weighted by atomic mass is 19.1. The fourth-order valence-electron chi connectivity index (χ4n) is 1.98. The number of nitrogens with zero attached hydrogens (tertiary/aromatic N) is 2. The van der Waals surface area contributed by atoms with Crippen molar-refractivity contribution in [1.82, 2.24) is 9.78 Å². The topological polar surface area (TPSA) is 55.1 Å². The summed E-state index contributed by atoms with van der Waals surface area (Å²) >= 11 is 0. The van der Waals surface area contributed by atoms with Crippen molar-refractivity contribution in [2.24, 2.45) is 0 Å². The summed E-state index contributed by atoms with van der Waals surface area (Å²) in [6, 6.07) is 3.77. The lowest BCUT2D eigenvalue weighted by molar-refractivity contribution is 0.0696. The van der Waals surface area contributed by atoms with E-state index in [9.17, 15) is 9.18 Å². The zero-order chi connectivity index (χ0) is 14.0. The Balaban J connectivity index is 2.57. The maximum atomic E-state index is 13.5. The summed E-state index contributed by atoms with van der Waals surface area (Å²) in [5.41, 5.74) is 2.06. The number of rotatable bonds is 4. The molecule has 1 aromatic carbocycles. The Bertz CT molecular complexity index is 620. The summed E-state index contributed by atoms with van der Waals surface area (Å²) in [6.45, 7) is 4.66. The van der Waals surface area contributed by atoms with Crippen LogP contribution in [0.15, 0.2) is 24.4 Å². The van der Waals surface area contributed by atoms with Crippen LogP contribution in [0.25, 0.3) is 11.3 Å². The first kappa shape index (κ1) is 13.3. The van der Waals surface area contributed by atoms with E-state index < -0.39 is 11.8 Å². The van der Waals surface area contributed by atoms with Crippen LogP contribution >= 0.6 is 0 Å². The predicted molar refractivity (Wildman–Crippen MR) is 69.6 cm³/mol. The fraction of sp³-hybridized carbons (Fsp3) is 0.286. The van der Waals surface area contributed by atoms with Gasteiger partial charge in [0.15, 0.2) is 0 Å². The second-order valence-electron chi connectivity index (χ2n) is 4.25. The van der Waals surface area contributed by atoms with Crippen molar-refractivity contribution in [2.75, 3.05) is 0 Å². The first-order chi connectivity index (χ1) is 9.05. The van der Waals surface area contributed by atoms with Crippen LogP contribution in [0, 0.1) is 5.82 Å². The lowest BCUT2D eigenvalue weighted by Crippen LogP contribution is -1.99. The Morgan fingerprint density at radius 2 is 2.11 bits per heavy atom. The minimum atomic E-state index is -1.14.